The van der Waals surface area contributed by atoms with E-state index in [0.717, 1.165) is 57.1 Å². The van der Waals surface area contributed by atoms with E-state index in [1.54, 1.807) is 0 Å². The number of rotatable bonds is 3. The number of aliphatic carboxylic acids is 1. The van der Waals surface area contributed by atoms with E-state index in [1.807, 2.05) is 6.92 Å². The fourth-order valence-corrected chi connectivity index (χ4v) is 7.82. The van der Waals surface area contributed by atoms with E-state index in [9.17, 15) is 14.7 Å². The molecule has 6 atom stereocenters. The number of hydrazine groups is 1. The fraction of sp³-hybridized carbons (Fsp3) is 0.810. The van der Waals surface area contributed by atoms with E-state index in [1.165, 1.54) is 0 Å². The minimum Gasteiger partial charge on any atom is -0.481 e. The Labute approximate surface area is 161 Å². The Hall–Kier alpha value is -1.72. The molecule has 0 saturated heterocycles. The maximum atomic E-state index is 12.2. The van der Waals surface area contributed by atoms with Gasteiger partial charge in [-0.2, -0.15) is 0 Å². The summed E-state index contributed by atoms with van der Waals surface area (Å²) in [5.41, 5.74) is 11.6. The van der Waals surface area contributed by atoms with E-state index in [0.29, 0.717) is 5.92 Å². The van der Waals surface area contributed by atoms with Crippen LogP contribution in [0.25, 0.3) is 0 Å². The van der Waals surface area contributed by atoms with Gasteiger partial charge in [0, 0.05) is 11.1 Å². The second kappa shape index (κ2) is 5.65. The molecule has 150 valence electrons. The van der Waals surface area contributed by atoms with Crippen molar-refractivity contribution in [3.8, 4) is 0 Å². The van der Waals surface area contributed by atoms with Crippen LogP contribution in [0.1, 0.15) is 72.1 Å². The van der Waals surface area contributed by atoms with Crippen LogP contribution in [-0.4, -0.2) is 17.1 Å². The molecule has 0 aromatic carbocycles. The molecule has 0 radical (unpaired) electrons. The van der Waals surface area contributed by atoms with Gasteiger partial charge in [-0.25, -0.2) is 4.79 Å². The highest BCUT2D eigenvalue weighted by molar-refractivity contribution is 5.75. The van der Waals surface area contributed by atoms with Gasteiger partial charge in [0.25, 0.3) is 0 Å². The van der Waals surface area contributed by atoms with Gasteiger partial charge in [0.05, 0.1) is 5.41 Å². The van der Waals surface area contributed by atoms with Gasteiger partial charge >= 0.3 is 12.0 Å². The van der Waals surface area contributed by atoms with Crippen molar-refractivity contribution in [1.82, 2.24) is 10.9 Å². The van der Waals surface area contributed by atoms with Gasteiger partial charge in [-0.1, -0.05) is 26.3 Å². The second-order valence-corrected chi connectivity index (χ2v) is 10.4. The predicted octanol–water partition coefficient (Wildman–Crippen LogP) is 3.54. The smallest absolute Gasteiger partial charge is 0.330 e. The van der Waals surface area contributed by atoms with Gasteiger partial charge in [-0.05, 0) is 74.5 Å². The maximum absolute atomic E-state index is 12.2. The van der Waals surface area contributed by atoms with Crippen molar-refractivity contribution in [3.05, 3.63) is 11.8 Å². The number of amides is 2. The molecule has 2 bridgehead atoms. The molecule has 4 aliphatic carbocycles. The summed E-state index contributed by atoms with van der Waals surface area (Å²) in [5.74, 6) is 0.124. The van der Waals surface area contributed by atoms with Gasteiger partial charge in [0.15, 0.2) is 0 Å². The first-order valence-corrected chi connectivity index (χ1v) is 10.3. The Morgan fingerprint density at radius 3 is 2.48 bits per heavy atom. The molecular weight excluding hydrogens is 342 g/mol. The van der Waals surface area contributed by atoms with Crippen molar-refractivity contribution in [1.29, 1.82) is 0 Å². The molecule has 6 nitrogen and oxygen atoms in total. The number of carbonyl (C=O) groups excluding carboxylic acids is 1. The summed E-state index contributed by atoms with van der Waals surface area (Å²) in [4.78, 5) is 23.3. The number of hydrogen-bond donors (Lipinski definition) is 4. The van der Waals surface area contributed by atoms with Crippen molar-refractivity contribution in [2.24, 2.45) is 39.2 Å². The van der Waals surface area contributed by atoms with Crippen molar-refractivity contribution in [2.45, 2.75) is 72.1 Å². The average Bonchev–Trinajstić information content (AvgIpc) is 2.77. The number of nitrogens with one attached hydrogen (secondary N) is 2. The van der Waals surface area contributed by atoms with Crippen LogP contribution in [0, 0.1) is 33.5 Å². The van der Waals surface area contributed by atoms with Crippen molar-refractivity contribution in [3.63, 3.8) is 0 Å². The van der Waals surface area contributed by atoms with E-state index < -0.39 is 17.4 Å². The average molecular weight is 376 g/mol. The molecule has 6 unspecified atom stereocenters. The second-order valence-electron chi connectivity index (χ2n) is 10.4. The summed E-state index contributed by atoms with van der Waals surface area (Å²) in [6.45, 7) is 6.62. The van der Waals surface area contributed by atoms with Gasteiger partial charge in [0.2, 0.25) is 0 Å². The van der Waals surface area contributed by atoms with Crippen LogP contribution in [-0.2, 0) is 4.79 Å². The number of carboxylic acids is 1. The molecule has 0 aromatic heterocycles. The van der Waals surface area contributed by atoms with E-state index in [2.05, 4.69) is 30.8 Å². The molecular formula is C21H33N3O3. The highest BCUT2D eigenvalue weighted by Crippen LogP contribution is 2.72. The van der Waals surface area contributed by atoms with Crippen LogP contribution in [0.4, 0.5) is 4.79 Å². The summed E-state index contributed by atoms with van der Waals surface area (Å²) in [6, 6.07) is -0.574. The Bertz CT molecular complexity index is 721. The first-order chi connectivity index (χ1) is 12.6. The minimum atomic E-state index is -0.620. The first-order valence-electron chi connectivity index (χ1n) is 10.3. The SMILES string of the molecule is CC12CCC3C(C=C1NNC(N)=O)(CCC1C(C)(C(=O)O)CCCC31C)C2. The number of allylic oxidation sites excluding steroid dienone is 2. The predicted molar refractivity (Wildman–Crippen MR) is 102 cm³/mol. The summed E-state index contributed by atoms with van der Waals surface area (Å²) in [5, 5.41) is 10.0. The van der Waals surface area contributed by atoms with Crippen molar-refractivity contribution >= 4 is 12.0 Å². The molecule has 6 heteroatoms. The summed E-state index contributed by atoms with van der Waals surface area (Å²) in [6.07, 6.45) is 10.6. The largest absolute Gasteiger partial charge is 0.481 e. The zero-order valence-electron chi connectivity index (χ0n) is 16.7. The van der Waals surface area contributed by atoms with Crippen LogP contribution >= 0.6 is 0 Å². The lowest BCUT2D eigenvalue weighted by atomic mass is 9.40. The van der Waals surface area contributed by atoms with Crippen LogP contribution in [0.3, 0.4) is 0 Å². The number of hydrogen-bond acceptors (Lipinski definition) is 3. The van der Waals surface area contributed by atoms with Gasteiger partial charge < -0.3 is 16.3 Å². The topological polar surface area (TPSA) is 104 Å². The molecule has 27 heavy (non-hydrogen) atoms. The summed E-state index contributed by atoms with van der Waals surface area (Å²) in [7, 11) is 0. The number of carbonyl (C=O) groups is 2. The molecule has 4 aliphatic rings. The quantitative estimate of drug-likeness (QED) is 0.566. The number of fused-ring (bicyclic) bond motifs is 3. The third-order valence-corrected chi connectivity index (χ3v) is 8.96. The molecule has 3 fully saturated rings. The normalized spacial score (nSPS) is 48.0. The van der Waals surface area contributed by atoms with Gasteiger partial charge in [-0.3, -0.25) is 10.2 Å². The van der Waals surface area contributed by atoms with Gasteiger partial charge in [0.1, 0.15) is 0 Å². The lowest BCUT2D eigenvalue weighted by Gasteiger charge is -2.63. The Morgan fingerprint density at radius 1 is 1.11 bits per heavy atom. The Kier molecular flexibility index (Phi) is 3.90. The molecule has 0 aromatic rings. The Balaban J connectivity index is 1.70. The third kappa shape index (κ3) is 2.44. The summed E-state index contributed by atoms with van der Waals surface area (Å²) >= 11 is 0. The lowest BCUT2D eigenvalue weighted by Crippen LogP contribution is -2.58. The molecule has 0 aliphatic heterocycles. The fourth-order valence-electron chi connectivity index (χ4n) is 7.82. The van der Waals surface area contributed by atoms with E-state index in [4.69, 9.17) is 5.73 Å². The van der Waals surface area contributed by atoms with E-state index in [-0.39, 0.29) is 22.2 Å². The Morgan fingerprint density at radius 2 is 1.81 bits per heavy atom. The zero-order valence-corrected chi connectivity index (χ0v) is 16.7. The lowest BCUT2D eigenvalue weighted by molar-refractivity contribution is -0.179. The first kappa shape index (κ1) is 18.6. The van der Waals surface area contributed by atoms with E-state index >= 15 is 0 Å². The molecule has 1 spiro atoms. The minimum absolute atomic E-state index is 0.0346. The molecule has 2 amide bonds. The zero-order chi connectivity index (χ0) is 19.7. The summed E-state index contributed by atoms with van der Waals surface area (Å²) < 4.78 is 0. The molecule has 3 saturated carbocycles. The third-order valence-electron chi connectivity index (χ3n) is 8.96. The number of carboxylic acid groups (broad SMARTS) is 1. The highest BCUT2D eigenvalue weighted by atomic mass is 16.4. The van der Waals surface area contributed by atoms with Crippen LogP contribution in [0.15, 0.2) is 11.8 Å². The monoisotopic (exact) mass is 375 g/mol. The van der Waals surface area contributed by atoms with Crippen LogP contribution < -0.4 is 16.6 Å². The van der Waals surface area contributed by atoms with Crippen LogP contribution in [0.2, 0.25) is 0 Å². The van der Waals surface area contributed by atoms with Gasteiger partial charge in [-0.15, -0.1) is 0 Å². The number of primary amides is 1. The van der Waals surface area contributed by atoms with Crippen LogP contribution in [0.5, 0.6) is 0 Å². The molecule has 0 heterocycles. The molecule has 4 rings (SSSR count). The molecule has 5 N–H and O–H groups in total. The maximum Gasteiger partial charge on any atom is 0.330 e. The van der Waals surface area contributed by atoms with Crippen molar-refractivity contribution in [2.75, 3.05) is 0 Å². The van der Waals surface area contributed by atoms with Crippen molar-refractivity contribution < 1.29 is 14.7 Å². The number of nitrogens with two attached hydrogens (primary N) is 1. The number of urea groups is 1. The standard InChI is InChI=1S/C21H33N3O3/c1-18-9-5-14-19(2)7-4-8-20(3,16(25)26)13(19)6-10-21(14,12-18)11-15(18)23-24-17(22)27/h11,13-14,23H,4-10,12H2,1-3H3,(H,25,26)(H3,22,24,27). The highest BCUT2D eigenvalue weighted by Gasteiger charge is 2.66.